The number of carbonyl (C=O) groups is 1. The first-order valence-electron chi connectivity index (χ1n) is 9.86. The van der Waals surface area contributed by atoms with Gasteiger partial charge in [-0.3, -0.25) is 9.78 Å². The molecular weight excluding hydrogens is 382 g/mol. The van der Waals surface area contributed by atoms with Gasteiger partial charge in [-0.1, -0.05) is 18.2 Å². The number of pyridine rings is 1. The monoisotopic (exact) mass is 405 g/mol. The summed E-state index contributed by atoms with van der Waals surface area (Å²) in [4.78, 5) is 16.8. The Labute approximate surface area is 177 Å². The largest absolute Gasteiger partial charge is 0.326 e. The van der Waals surface area contributed by atoms with Crippen LogP contribution in [0, 0.1) is 17.2 Å². The summed E-state index contributed by atoms with van der Waals surface area (Å²) in [7, 11) is 0. The van der Waals surface area contributed by atoms with Gasteiger partial charge in [-0.2, -0.15) is 5.26 Å². The molecule has 0 saturated heterocycles. The number of nitriles is 1. The van der Waals surface area contributed by atoms with Crippen molar-refractivity contribution in [1.82, 2.24) is 4.98 Å². The molecule has 0 radical (unpaired) electrons. The second kappa shape index (κ2) is 9.54. The van der Waals surface area contributed by atoms with E-state index in [9.17, 15) is 4.79 Å². The molecule has 29 heavy (non-hydrogen) atoms. The Balaban J connectivity index is 0.00000240. The van der Waals surface area contributed by atoms with E-state index < -0.39 is 0 Å². The van der Waals surface area contributed by atoms with Gasteiger partial charge < -0.3 is 5.32 Å². The summed E-state index contributed by atoms with van der Waals surface area (Å²) in [5.41, 5.74) is 3.80. The predicted molar refractivity (Wildman–Crippen MR) is 118 cm³/mol. The van der Waals surface area contributed by atoms with E-state index >= 15 is 0 Å². The predicted octanol–water partition coefficient (Wildman–Crippen LogP) is 5.83. The SMILES string of the molecule is Cl.N#Cc1ccc(NC(=O)C[C@H]2CC[C@H](c3ccnc4ccccc43)CC2)cc1. The Kier molecular flexibility index (Phi) is 6.85. The second-order valence-electron chi connectivity index (χ2n) is 7.58. The van der Waals surface area contributed by atoms with Crippen LogP contribution in [0.2, 0.25) is 0 Å². The van der Waals surface area contributed by atoms with Gasteiger partial charge in [0.15, 0.2) is 0 Å². The van der Waals surface area contributed by atoms with Crippen molar-refractivity contribution >= 4 is 34.9 Å². The van der Waals surface area contributed by atoms with Gasteiger partial charge in [0.25, 0.3) is 0 Å². The molecule has 3 aromatic rings. The molecule has 0 bridgehead atoms. The third-order valence-electron chi connectivity index (χ3n) is 5.74. The molecule has 5 heteroatoms. The topological polar surface area (TPSA) is 65.8 Å². The van der Waals surface area contributed by atoms with Crippen molar-refractivity contribution in [2.45, 2.75) is 38.0 Å². The number of hydrogen-bond donors (Lipinski definition) is 1. The molecule has 0 unspecified atom stereocenters. The molecule has 1 fully saturated rings. The molecule has 4 rings (SSSR count). The van der Waals surface area contributed by atoms with E-state index in [1.54, 1.807) is 24.3 Å². The first kappa shape index (κ1) is 20.8. The molecule has 1 aliphatic carbocycles. The number of fused-ring (bicyclic) bond motifs is 1. The first-order valence-corrected chi connectivity index (χ1v) is 9.86. The molecule has 0 aliphatic heterocycles. The van der Waals surface area contributed by atoms with Crippen molar-refractivity contribution in [2.24, 2.45) is 5.92 Å². The Morgan fingerprint density at radius 3 is 2.48 bits per heavy atom. The molecule has 148 valence electrons. The fraction of sp³-hybridized carbons (Fsp3) is 0.292. The summed E-state index contributed by atoms with van der Waals surface area (Å²) in [6, 6.07) is 19.6. The number of hydrogen-bond acceptors (Lipinski definition) is 3. The number of nitrogens with zero attached hydrogens (tertiary/aromatic N) is 2. The van der Waals surface area contributed by atoms with Gasteiger partial charge in [-0.15, -0.1) is 12.4 Å². The van der Waals surface area contributed by atoms with Crippen molar-refractivity contribution < 1.29 is 4.79 Å². The van der Waals surface area contributed by atoms with Gasteiger partial charge in [0.1, 0.15) is 0 Å². The van der Waals surface area contributed by atoms with E-state index in [0.717, 1.165) is 36.9 Å². The Morgan fingerprint density at radius 2 is 1.76 bits per heavy atom. The highest BCUT2D eigenvalue weighted by molar-refractivity contribution is 5.90. The number of aromatic nitrogens is 1. The van der Waals surface area contributed by atoms with Gasteiger partial charge in [0.2, 0.25) is 5.91 Å². The molecule has 0 atom stereocenters. The fourth-order valence-electron chi connectivity index (χ4n) is 4.25. The molecule has 1 aromatic heterocycles. The lowest BCUT2D eigenvalue weighted by Crippen LogP contribution is -2.20. The molecular formula is C24H24ClN3O. The van der Waals surface area contributed by atoms with Crippen LogP contribution in [-0.4, -0.2) is 10.9 Å². The summed E-state index contributed by atoms with van der Waals surface area (Å²) in [5.74, 6) is 1.04. The van der Waals surface area contributed by atoms with Crippen molar-refractivity contribution in [2.75, 3.05) is 5.32 Å². The van der Waals surface area contributed by atoms with Gasteiger partial charge in [-0.25, -0.2) is 0 Å². The summed E-state index contributed by atoms with van der Waals surface area (Å²) in [6.45, 7) is 0. The smallest absolute Gasteiger partial charge is 0.224 e. The number of carbonyl (C=O) groups excluding carboxylic acids is 1. The van der Waals surface area contributed by atoms with Gasteiger partial charge in [0, 0.05) is 23.7 Å². The highest BCUT2D eigenvalue weighted by atomic mass is 35.5. The third kappa shape index (κ3) is 4.93. The van der Waals surface area contributed by atoms with Crippen LogP contribution >= 0.6 is 12.4 Å². The Bertz CT molecular complexity index is 1010. The van der Waals surface area contributed by atoms with Crippen LogP contribution in [0.3, 0.4) is 0 Å². The van der Waals surface area contributed by atoms with E-state index in [-0.39, 0.29) is 18.3 Å². The van der Waals surface area contributed by atoms with E-state index in [4.69, 9.17) is 5.26 Å². The maximum absolute atomic E-state index is 12.4. The zero-order valence-corrected chi connectivity index (χ0v) is 17.0. The normalized spacial score (nSPS) is 18.4. The lowest BCUT2D eigenvalue weighted by molar-refractivity contribution is -0.117. The Hall–Kier alpha value is -2.90. The summed E-state index contributed by atoms with van der Waals surface area (Å²) < 4.78 is 0. The van der Waals surface area contributed by atoms with Crippen LogP contribution in [0.5, 0.6) is 0 Å². The van der Waals surface area contributed by atoms with E-state index in [2.05, 4.69) is 40.6 Å². The summed E-state index contributed by atoms with van der Waals surface area (Å²) in [6.07, 6.45) is 6.84. The number of rotatable bonds is 4. The molecule has 1 saturated carbocycles. The minimum absolute atomic E-state index is 0. The first-order chi connectivity index (χ1) is 13.7. The summed E-state index contributed by atoms with van der Waals surface area (Å²) in [5, 5.41) is 13.1. The maximum atomic E-state index is 12.4. The van der Waals surface area contributed by atoms with Crippen LogP contribution in [0.1, 0.15) is 49.1 Å². The quantitative estimate of drug-likeness (QED) is 0.593. The maximum Gasteiger partial charge on any atom is 0.224 e. The lowest BCUT2D eigenvalue weighted by Gasteiger charge is -2.29. The number of nitrogens with one attached hydrogen (secondary N) is 1. The minimum atomic E-state index is 0. The van der Waals surface area contributed by atoms with E-state index in [1.165, 1.54) is 10.9 Å². The number of benzene rings is 2. The van der Waals surface area contributed by atoms with Gasteiger partial charge in [0.05, 0.1) is 17.1 Å². The van der Waals surface area contributed by atoms with Crippen LogP contribution < -0.4 is 5.32 Å². The number of amides is 1. The lowest BCUT2D eigenvalue weighted by atomic mass is 9.77. The van der Waals surface area contributed by atoms with E-state index in [0.29, 0.717) is 23.8 Å². The standard InChI is InChI=1S/C24H23N3O.ClH/c25-16-18-7-11-20(12-8-18)27-24(28)15-17-5-9-19(10-6-17)21-13-14-26-23-4-2-1-3-22(21)23;/h1-4,7-8,11-14,17,19H,5-6,9-10,15H2,(H,27,28);1H/t17-,19-;. The van der Waals surface area contributed by atoms with Crippen LogP contribution in [0.4, 0.5) is 5.69 Å². The molecule has 1 aliphatic rings. The zero-order chi connectivity index (χ0) is 19.3. The van der Waals surface area contributed by atoms with E-state index in [1.807, 2.05) is 12.3 Å². The molecule has 1 amide bonds. The average Bonchev–Trinajstić information content (AvgIpc) is 2.74. The van der Waals surface area contributed by atoms with Crippen molar-refractivity contribution in [3.63, 3.8) is 0 Å². The zero-order valence-electron chi connectivity index (χ0n) is 16.2. The fourth-order valence-corrected chi connectivity index (χ4v) is 4.25. The van der Waals surface area contributed by atoms with Gasteiger partial charge >= 0.3 is 0 Å². The molecule has 4 nitrogen and oxygen atoms in total. The second-order valence-corrected chi connectivity index (χ2v) is 7.58. The number of para-hydroxylation sites is 1. The van der Waals surface area contributed by atoms with Gasteiger partial charge in [-0.05, 0) is 79.5 Å². The van der Waals surface area contributed by atoms with Crippen LogP contribution in [-0.2, 0) is 4.79 Å². The number of anilines is 1. The highest BCUT2D eigenvalue weighted by Crippen LogP contribution is 2.39. The molecule has 1 N–H and O–H groups in total. The highest BCUT2D eigenvalue weighted by Gasteiger charge is 2.25. The number of halogens is 1. The summed E-state index contributed by atoms with van der Waals surface area (Å²) >= 11 is 0. The van der Waals surface area contributed by atoms with Crippen LogP contribution in [0.15, 0.2) is 60.8 Å². The Morgan fingerprint density at radius 1 is 1.03 bits per heavy atom. The van der Waals surface area contributed by atoms with Crippen molar-refractivity contribution in [3.8, 4) is 6.07 Å². The van der Waals surface area contributed by atoms with Crippen molar-refractivity contribution in [1.29, 1.82) is 5.26 Å². The van der Waals surface area contributed by atoms with Crippen LogP contribution in [0.25, 0.3) is 10.9 Å². The van der Waals surface area contributed by atoms with Crippen molar-refractivity contribution in [3.05, 3.63) is 71.9 Å². The molecule has 2 aromatic carbocycles. The minimum Gasteiger partial charge on any atom is -0.326 e. The third-order valence-corrected chi connectivity index (χ3v) is 5.74. The average molecular weight is 406 g/mol. The molecule has 0 spiro atoms. The molecule has 1 heterocycles.